The molecule has 0 aliphatic carbocycles. The molecule has 8 nitrogen and oxygen atoms in total. The maximum atomic E-state index is 11.7. The van der Waals surface area contributed by atoms with Gasteiger partial charge in [0.15, 0.2) is 21.4 Å². The quantitative estimate of drug-likeness (QED) is 0.667. The Morgan fingerprint density at radius 1 is 1.14 bits per heavy atom. The van der Waals surface area contributed by atoms with Gasteiger partial charge < -0.3 is 10.6 Å². The number of hydrogen-bond donors (Lipinski definition) is 2. The summed E-state index contributed by atoms with van der Waals surface area (Å²) in [5.41, 5.74) is 8.58. The van der Waals surface area contributed by atoms with E-state index in [2.05, 4.69) is 10.5 Å². The Morgan fingerprint density at radius 2 is 1.66 bits per heavy atom. The molecule has 3 rings (SSSR count). The number of carbonyl (C=O) groups is 1. The van der Waals surface area contributed by atoms with E-state index in [9.17, 15) is 17.4 Å². The molecule has 0 aromatic heterocycles. The Morgan fingerprint density at radius 3 is 2.14 bits per heavy atom. The molecular formula is C19H21N3O5S2. The van der Waals surface area contributed by atoms with Crippen molar-refractivity contribution in [2.45, 2.75) is 22.9 Å². The number of nitrogens with zero attached hydrogens (tertiary/aromatic N) is 1. The van der Waals surface area contributed by atoms with Crippen LogP contribution < -0.4 is 11.1 Å². The minimum absolute atomic E-state index is 0.287. The Balaban J connectivity index is 1.68. The van der Waals surface area contributed by atoms with E-state index in [0.717, 1.165) is 27.8 Å². The van der Waals surface area contributed by atoms with Crippen molar-refractivity contribution < 1.29 is 22.3 Å². The molecule has 2 aromatic rings. The first kappa shape index (κ1) is 21.2. The lowest BCUT2D eigenvalue weighted by molar-refractivity contribution is -0.119. The van der Waals surface area contributed by atoms with E-state index in [0.29, 0.717) is 5.71 Å². The first-order valence-electron chi connectivity index (χ1n) is 8.66. The summed E-state index contributed by atoms with van der Waals surface area (Å²) >= 11 is 0. The number of nitrogens with two attached hydrogens (primary N) is 1. The van der Waals surface area contributed by atoms with Gasteiger partial charge in [-0.1, -0.05) is 41.6 Å². The first-order chi connectivity index (χ1) is 13.6. The highest BCUT2D eigenvalue weighted by Crippen LogP contribution is 2.23. The zero-order valence-electron chi connectivity index (χ0n) is 15.9. The standard InChI is InChI=1S/C19H21N3O5S2/c1-28(24)15-9-7-13(8-10-15)12-3-5-14(6-4-12)16-11-17(27-22-16)21-19(18(20)23)29(2,25)26/h3-10,17,19,21H,11H2,1-2H3,(H2,20,23). The van der Waals surface area contributed by atoms with Crippen LogP contribution in [0.1, 0.15) is 12.0 Å². The van der Waals surface area contributed by atoms with E-state index < -0.39 is 38.1 Å². The van der Waals surface area contributed by atoms with Crippen molar-refractivity contribution in [1.29, 1.82) is 0 Å². The SMILES string of the molecule is CS(=O)c1ccc(-c2ccc(C3=NOC(NC(C(N)=O)S(C)(=O)=O)C3)cc2)cc1. The van der Waals surface area contributed by atoms with Gasteiger partial charge in [-0.25, -0.2) is 8.42 Å². The van der Waals surface area contributed by atoms with Crippen LogP contribution in [0.15, 0.2) is 58.6 Å². The van der Waals surface area contributed by atoms with Crippen LogP contribution in [0.5, 0.6) is 0 Å². The van der Waals surface area contributed by atoms with E-state index in [4.69, 9.17) is 10.6 Å². The summed E-state index contributed by atoms with van der Waals surface area (Å²) in [7, 11) is -4.73. The molecule has 1 aliphatic rings. The highest BCUT2D eigenvalue weighted by Gasteiger charge is 2.32. The molecular weight excluding hydrogens is 414 g/mol. The van der Waals surface area contributed by atoms with Gasteiger partial charge in [0, 0.05) is 34.6 Å². The fourth-order valence-corrected chi connectivity index (χ4v) is 4.26. The predicted molar refractivity (Wildman–Crippen MR) is 111 cm³/mol. The van der Waals surface area contributed by atoms with Crippen molar-refractivity contribution in [2.24, 2.45) is 10.9 Å². The number of hydrogen-bond acceptors (Lipinski definition) is 7. The normalized spacial score (nSPS) is 18.6. The highest BCUT2D eigenvalue weighted by atomic mass is 32.2. The average Bonchev–Trinajstić information content (AvgIpc) is 3.14. The molecule has 1 aliphatic heterocycles. The molecule has 0 fully saturated rings. The van der Waals surface area contributed by atoms with Gasteiger partial charge in [0.2, 0.25) is 5.91 Å². The molecule has 3 unspecified atom stereocenters. The van der Waals surface area contributed by atoms with Gasteiger partial charge >= 0.3 is 0 Å². The van der Waals surface area contributed by atoms with Crippen molar-refractivity contribution >= 4 is 32.3 Å². The minimum atomic E-state index is -3.71. The molecule has 154 valence electrons. The van der Waals surface area contributed by atoms with Crippen LogP contribution in [0.4, 0.5) is 0 Å². The lowest BCUT2D eigenvalue weighted by Crippen LogP contribution is -2.50. The van der Waals surface area contributed by atoms with Gasteiger partial charge in [-0.05, 0) is 28.8 Å². The molecule has 0 radical (unpaired) electrons. The molecule has 3 N–H and O–H groups in total. The molecule has 0 spiro atoms. The summed E-state index contributed by atoms with van der Waals surface area (Å²) in [5, 5.41) is 5.03. The maximum absolute atomic E-state index is 11.7. The van der Waals surface area contributed by atoms with Crippen molar-refractivity contribution in [3.63, 3.8) is 0 Å². The molecule has 0 bridgehead atoms. The van der Waals surface area contributed by atoms with Crippen LogP contribution in [0, 0.1) is 0 Å². The van der Waals surface area contributed by atoms with E-state index in [-0.39, 0.29) is 6.42 Å². The van der Waals surface area contributed by atoms with Crippen molar-refractivity contribution in [3.8, 4) is 11.1 Å². The number of rotatable bonds is 7. The highest BCUT2D eigenvalue weighted by molar-refractivity contribution is 7.92. The average molecular weight is 436 g/mol. The second kappa shape index (κ2) is 8.44. The smallest absolute Gasteiger partial charge is 0.250 e. The Bertz CT molecular complexity index is 1060. The number of benzene rings is 2. The number of oxime groups is 1. The zero-order chi connectivity index (χ0) is 21.2. The molecule has 10 heteroatoms. The lowest BCUT2D eigenvalue weighted by Gasteiger charge is -2.17. The van der Waals surface area contributed by atoms with Crippen LogP contribution >= 0.6 is 0 Å². The summed E-state index contributed by atoms with van der Waals surface area (Å²) in [6, 6.07) is 15.1. The Hall–Kier alpha value is -2.56. The van der Waals surface area contributed by atoms with Crippen LogP contribution in [0.2, 0.25) is 0 Å². The van der Waals surface area contributed by atoms with Gasteiger partial charge in [-0.2, -0.15) is 0 Å². The zero-order valence-corrected chi connectivity index (χ0v) is 17.5. The first-order valence-corrected chi connectivity index (χ1v) is 12.2. The number of primary amides is 1. The number of carbonyl (C=O) groups excluding carboxylic acids is 1. The largest absolute Gasteiger partial charge is 0.376 e. The maximum Gasteiger partial charge on any atom is 0.250 e. The van der Waals surface area contributed by atoms with Crippen LogP contribution in [-0.4, -0.2) is 48.4 Å². The third-order valence-corrected chi connectivity index (χ3v) is 6.59. The molecule has 3 atom stereocenters. The molecule has 1 amide bonds. The van der Waals surface area contributed by atoms with Crippen LogP contribution in [-0.2, 0) is 30.3 Å². The van der Waals surface area contributed by atoms with E-state index in [1.165, 1.54) is 0 Å². The second-order valence-electron chi connectivity index (χ2n) is 6.67. The molecule has 29 heavy (non-hydrogen) atoms. The Kier molecular flexibility index (Phi) is 6.15. The molecule has 0 saturated heterocycles. The van der Waals surface area contributed by atoms with E-state index in [1.54, 1.807) is 6.26 Å². The van der Waals surface area contributed by atoms with Crippen molar-refractivity contribution in [3.05, 3.63) is 54.1 Å². The van der Waals surface area contributed by atoms with E-state index >= 15 is 0 Å². The van der Waals surface area contributed by atoms with Gasteiger partial charge in [-0.3, -0.25) is 14.3 Å². The molecule has 0 saturated carbocycles. The minimum Gasteiger partial charge on any atom is -0.376 e. The monoisotopic (exact) mass is 435 g/mol. The fourth-order valence-electron chi connectivity index (χ4n) is 2.92. The summed E-state index contributed by atoms with van der Waals surface area (Å²) in [6.07, 6.45) is 2.09. The number of amides is 1. The fraction of sp³-hybridized carbons (Fsp3) is 0.263. The Labute approximate surface area is 171 Å². The van der Waals surface area contributed by atoms with Crippen molar-refractivity contribution in [2.75, 3.05) is 12.5 Å². The summed E-state index contributed by atoms with van der Waals surface area (Å²) in [6.45, 7) is 0. The third kappa shape index (κ3) is 5.08. The molecule has 2 aromatic carbocycles. The number of nitrogens with one attached hydrogen (secondary N) is 1. The second-order valence-corrected chi connectivity index (χ2v) is 10.2. The number of sulfone groups is 1. The third-order valence-electron chi connectivity index (χ3n) is 4.43. The predicted octanol–water partition coefficient (Wildman–Crippen LogP) is 0.987. The van der Waals surface area contributed by atoms with Gasteiger partial charge in [0.25, 0.3) is 0 Å². The van der Waals surface area contributed by atoms with Crippen LogP contribution in [0.25, 0.3) is 11.1 Å². The molecule has 1 heterocycles. The van der Waals surface area contributed by atoms with Gasteiger partial charge in [0.1, 0.15) is 0 Å². The van der Waals surface area contributed by atoms with Gasteiger partial charge in [0.05, 0.1) is 5.71 Å². The van der Waals surface area contributed by atoms with Crippen molar-refractivity contribution in [1.82, 2.24) is 5.32 Å². The topological polar surface area (TPSA) is 128 Å². The van der Waals surface area contributed by atoms with E-state index in [1.807, 2.05) is 48.5 Å². The summed E-state index contributed by atoms with van der Waals surface area (Å²) in [4.78, 5) is 17.4. The summed E-state index contributed by atoms with van der Waals surface area (Å²) in [5.74, 6) is -0.994. The lowest BCUT2D eigenvalue weighted by atomic mass is 10.0. The van der Waals surface area contributed by atoms with Crippen LogP contribution in [0.3, 0.4) is 0 Å². The van der Waals surface area contributed by atoms with Gasteiger partial charge in [-0.15, -0.1) is 0 Å². The summed E-state index contributed by atoms with van der Waals surface area (Å²) < 4.78 is 34.8.